The number of aromatic nitrogens is 1. The van der Waals surface area contributed by atoms with E-state index in [-0.39, 0.29) is 5.91 Å². The number of nitrogens with zero attached hydrogens (tertiary/aromatic N) is 1. The summed E-state index contributed by atoms with van der Waals surface area (Å²) < 4.78 is 2.04. The van der Waals surface area contributed by atoms with Crippen LogP contribution < -0.4 is 11.1 Å². The maximum Gasteiger partial charge on any atom is 0.248 e. The van der Waals surface area contributed by atoms with E-state index < -0.39 is 5.91 Å². The van der Waals surface area contributed by atoms with E-state index in [1.807, 2.05) is 54.2 Å². The van der Waals surface area contributed by atoms with Gasteiger partial charge < -0.3 is 15.6 Å². The predicted octanol–water partition coefficient (Wildman–Crippen LogP) is 2.65. The summed E-state index contributed by atoms with van der Waals surface area (Å²) in [5.41, 5.74) is 8.84. The second-order valence-corrected chi connectivity index (χ2v) is 6.15. The summed E-state index contributed by atoms with van der Waals surface area (Å²) in [6.07, 6.45) is 6.01. The predicted molar refractivity (Wildman–Crippen MR) is 104 cm³/mol. The second kappa shape index (κ2) is 7.70. The number of fused-ring (bicyclic) bond motifs is 1. The van der Waals surface area contributed by atoms with Crippen molar-refractivity contribution in [3.05, 3.63) is 77.5 Å². The number of amides is 2. The van der Waals surface area contributed by atoms with Crippen LogP contribution in [0.1, 0.15) is 21.5 Å². The Morgan fingerprint density at radius 2 is 1.96 bits per heavy atom. The van der Waals surface area contributed by atoms with Gasteiger partial charge in [-0.05, 0) is 36.3 Å². The van der Waals surface area contributed by atoms with Crippen molar-refractivity contribution in [3.8, 4) is 0 Å². The van der Waals surface area contributed by atoms with Crippen LogP contribution in [0, 0.1) is 0 Å². The fourth-order valence-corrected chi connectivity index (χ4v) is 2.94. The van der Waals surface area contributed by atoms with E-state index in [0.717, 1.165) is 22.0 Å². The van der Waals surface area contributed by atoms with Crippen molar-refractivity contribution in [2.45, 2.75) is 6.42 Å². The van der Waals surface area contributed by atoms with Crippen LogP contribution in [0.5, 0.6) is 0 Å². The molecule has 0 spiro atoms. The molecule has 0 bridgehead atoms. The molecule has 0 radical (unpaired) electrons. The van der Waals surface area contributed by atoms with Gasteiger partial charge in [0.1, 0.15) is 0 Å². The van der Waals surface area contributed by atoms with Crippen LogP contribution in [-0.4, -0.2) is 22.9 Å². The van der Waals surface area contributed by atoms with Gasteiger partial charge in [0.05, 0.1) is 0 Å². The van der Waals surface area contributed by atoms with Crippen LogP contribution in [0.15, 0.2) is 60.8 Å². The van der Waals surface area contributed by atoms with Gasteiger partial charge in [-0.25, -0.2) is 0 Å². The molecular weight excluding hydrogens is 326 g/mol. The lowest BCUT2D eigenvalue weighted by Gasteiger charge is -2.04. The fourth-order valence-electron chi connectivity index (χ4n) is 2.94. The molecule has 1 heterocycles. The standard InChI is InChI=1S/C21H21N3O2/c1-24-14-17(18-7-2-3-8-19(18)24)9-10-20(25)23-12-11-15-5-4-6-16(13-15)21(22)26/h2-10,13-14H,11-12H2,1H3,(H2,22,26)(H,23,25)/b10-9+. The molecule has 132 valence electrons. The molecule has 0 saturated carbocycles. The van der Waals surface area contributed by atoms with Gasteiger partial charge >= 0.3 is 0 Å². The van der Waals surface area contributed by atoms with Crippen molar-refractivity contribution in [1.82, 2.24) is 9.88 Å². The van der Waals surface area contributed by atoms with Gasteiger partial charge in [-0.2, -0.15) is 0 Å². The molecule has 0 aliphatic heterocycles. The number of nitrogens with one attached hydrogen (secondary N) is 1. The monoisotopic (exact) mass is 347 g/mol. The maximum atomic E-state index is 12.0. The highest BCUT2D eigenvalue weighted by Crippen LogP contribution is 2.21. The minimum absolute atomic E-state index is 0.149. The SMILES string of the molecule is Cn1cc(/C=C/C(=O)NCCc2cccc(C(N)=O)c2)c2ccccc21. The first-order valence-corrected chi connectivity index (χ1v) is 8.43. The third-order valence-corrected chi connectivity index (χ3v) is 4.27. The Morgan fingerprint density at radius 1 is 1.15 bits per heavy atom. The summed E-state index contributed by atoms with van der Waals surface area (Å²) in [5.74, 6) is -0.599. The lowest BCUT2D eigenvalue weighted by molar-refractivity contribution is -0.116. The van der Waals surface area contributed by atoms with E-state index in [1.54, 1.807) is 24.3 Å². The van der Waals surface area contributed by atoms with Gasteiger partial charge in [0.15, 0.2) is 0 Å². The molecule has 3 rings (SSSR count). The largest absolute Gasteiger partial charge is 0.366 e. The van der Waals surface area contributed by atoms with Gasteiger partial charge in [-0.15, -0.1) is 0 Å². The van der Waals surface area contributed by atoms with E-state index in [9.17, 15) is 9.59 Å². The van der Waals surface area contributed by atoms with E-state index in [0.29, 0.717) is 18.5 Å². The highest BCUT2D eigenvalue weighted by molar-refractivity contribution is 5.96. The molecule has 0 atom stereocenters. The number of hydrogen-bond acceptors (Lipinski definition) is 2. The number of hydrogen-bond donors (Lipinski definition) is 2. The number of primary amides is 1. The first-order valence-electron chi connectivity index (χ1n) is 8.43. The molecule has 1 aromatic heterocycles. The summed E-state index contributed by atoms with van der Waals surface area (Å²) in [4.78, 5) is 23.2. The zero-order chi connectivity index (χ0) is 18.5. The highest BCUT2D eigenvalue weighted by atomic mass is 16.1. The average molecular weight is 347 g/mol. The van der Waals surface area contributed by atoms with E-state index in [2.05, 4.69) is 5.32 Å². The molecule has 0 saturated heterocycles. The first kappa shape index (κ1) is 17.5. The molecule has 0 unspecified atom stereocenters. The lowest BCUT2D eigenvalue weighted by atomic mass is 10.1. The zero-order valence-corrected chi connectivity index (χ0v) is 14.6. The molecule has 5 heteroatoms. The van der Waals surface area contributed by atoms with Gasteiger partial charge in [0.2, 0.25) is 11.8 Å². The Balaban J connectivity index is 1.58. The summed E-state index contributed by atoms with van der Waals surface area (Å²) in [6.45, 7) is 0.487. The molecule has 2 aromatic carbocycles. The summed E-state index contributed by atoms with van der Waals surface area (Å²) >= 11 is 0. The van der Waals surface area contributed by atoms with Gasteiger partial charge in [-0.1, -0.05) is 30.3 Å². The zero-order valence-electron chi connectivity index (χ0n) is 14.6. The molecule has 5 nitrogen and oxygen atoms in total. The van der Waals surface area contributed by atoms with E-state index in [1.165, 1.54) is 0 Å². The molecule has 2 amide bonds. The molecule has 3 N–H and O–H groups in total. The number of nitrogens with two attached hydrogens (primary N) is 1. The normalized spacial score (nSPS) is 11.1. The molecule has 0 aliphatic carbocycles. The van der Waals surface area contributed by atoms with Crippen LogP contribution in [-0.2, 0) is 18.3 Å². The smallest absolute Gasteiger partial charge is 0.248 e. The first-order chi connectivity index (χ1) is 12.5. The molecular formula is C21H21N3O2. The average Bonchev–Trinajstić information content (AvgIpc) is 2.96. The molecule has 0 fully saturated rings. The topological polar surface area (TPSA) is 77.1 Å². The molecule has 26 heavy (non-hydrogen) atoms. The maximum absolute atomic E-state index is 12.0. The third kappa shape index (κ3) is 4.00. The van der Waals surface area contributed by atoms with Crippen molar-refractivity contribution in [3.63, 3.8) is 0 Å². The number of carbonyl (C=O) groups is 2. The van der Waals surface area contributed by atoms with E-state index >= 15 is 0 Å². The Labute approximate surface area is 152 Å². The van der Waals surface area contributed by atoms with Gasteiger partial charge in [-0.3, -0.25) is 9.59 Å². The van der Waals surface area contributed by atoms with Gasteiger partial charge in [0.25, 0.3) is 0 Å². The second-order valence-electron chi connectivity index (χ2n) is 6.15. The van der Waals surface area contributed by atoms with Crippen LogP contribution >= 0.6 is 0 Å². The molecule has 0 aliphatic rings. The van der Waals surface area contributed by atoms with Crippen LogP contribution in [0.4, 0.5) is 0 Å². The number of rotatable bonds is 6. The van der Waals surface area contributed by atoms with Crippen molar-refractivity contribution in [2.75, 3.05) is 6.54 Å². The number of aryl methyl sites for hydroxylation is 1. The lowest BCUT2D eigenvalue weighted by Crippen LogP contribution is -2.23. The Bertz CT molecular complexity index is 986. The number of benzene rings is 2. The molecule has 3 aromatic rings. The number of carbonyl (C=O) groups excluding carboxylic acids is 2. The summed E-state index contributed by atoms with van der Waals surface area (Å²) in [5, 5.41) is 3.97. The van der Waals surface area contributed by atoms with Crippen molar-refractivity contribution in [1.29, 1.82) is 0 Å². The minimum atomic E-state index is -0.450. The Hall–Kier alpha value is -3.34. The highest BCUT2D eigenvalue weighted by Gasteiger charge is 2.04. The Morgan fingerprint density at radius 3 is 2.77 bits per heavy atom. The van der Waals surface area contributed by atoms with E-state index in [4.69, 9.17) is 5.73 Å². The fraction of sp³-hybridized carbons (Fsp3) is 0.143. The van der Waals surface area contributed by atoms with Crippen molar-refractivity contribution in [2.24, 2.45) is 12.8 Å². The van der Waals surface area contributed by atoms with Crippen molar-refractivity contribution < 1.29 is 9.59 Å². The third-order valence-electron chi connectivity index (χ3n) is 4.27. The quantitative estimate of drug-likeness (QED) is 0.673. The van der Waals surface area contributed by atoms with Crippen molar-refractivity contribution >= 4 is 28.8 Å². The minimum Gasteiger partial charge on any atom is -0.366 e. The Kier molecular flexibility index (Phi) is 5.17. The van der Waals surface area contributed by atoms with Crippen LogP contribution in [0.2, 0.25) is 0 Å². The summed E-state index contributed by atoms with van der Waals surface area (Å²) in [6, 6.07) is 15.2. The van der Waals surface area contributed by atoms with Crippen LogP contribution in [0.3, 0.4) is 0 Å². The number of para-hydroxylation sites is 1. The van der Waals surface area contributed by atoms with Crippen LogP contribution in [0.25, 0.3) is 17.0 Å². The summed E-state index contributed by atoms with van der Waals surface area (Å²) in [7, 11) is 1.99. The van der Waals surface area contributed by atoms with Gasteiger partial charge in [0, 0.05) is 47.9 Å².